The fourth-order valence-electron chi connectivity index (χ4n) is 1.98. The summed E-state index contributed by atoms with van der Waals surface area (Å²) in [5.41, 5.74) is 0.772. The summed E-state index contributed by atoms with van der Waals surface area (Å²) in [6, 6.07) is 5.29. The molecule has 6 nitrogen and oxygen atoms in total. The first-order chi connectivity index (χ1) is 9.12. The van der Waals surface area contributed by atoms with Gasteiger partial charge in [0.1, 0.15) is 16.7 Å². The number of thioether (sulfide) groups is 1. The van der Waals surface area contributed by atoms with Crippen LogP contribution in [0.25, 0.3) is 0 Å². The fourth-order valence-corrected chi connectivity index (χ4v) is 2.83. The van der Waals surface area contributed by atoms with Crippen molar-refractivity contribution in [3.63, 3.8) is 0 Å². The van der Waals surface area contributed by atoms with Gasteiger partial charge in [-0.25, -0.2) is 0 Å². The predicted molar refractivity (Wildman–Crippen MR) is 73.0 cm³/mol. The van der Waals surface area contributed by atoms with Crippen molar-refractivity contribution >= 4 is 11.8 Å². The van der Waals surface area contributed by atoms with Crippen LogP contribution < -0.4 is 14.8 Å². The lowest BCUT2D eigenvalue weighted by atomic mass is 10.1. The molecule has 0 saturated heterocycles. The van der Waals surface area contributed by atoms with Crippen LogP contribution in [-0.4, -0.2) is 25.3 Å². The lowest BCUT2D eigenvalue weighted by molar-refractivity contribution is -0.431. The largest absolute Gasteiger partial charge is 0.497 e. The molecule has 1 aromatic carbocycles. The van der Waals surface area contributed by atoms with E-state index in [9.17, 15) is 10.1 Å². The Morgan fingerprint density at radius 3 is 2.79 bits per heavy atom. The first-order valence-electron chi connectivity index (χ1n) is 5.57. The molecule has 0 fully saturated rings. The highest BCUT2D eigenvalue weighted by Crippen LogP contribution is 2.45. The molecule has 1 aliphatic rings. The third-order valence-corrected chi connectivity index (χ3v) is 3.80. The van der Waals surface area contributed by atoms with Crippen molar-refractivity contribution in [1.29, 1.82) is 0 Å². The quantitative estimate of drug-likeness (QED) is 0.674. The molecule has 0 aromatic heterocycles. The van der Waals surface area contributed by atoms with Crippen molar-refractivity contribution in [2.75, 3.05) is 20.4 Å². The molecule has 0 aliphatic carbocycles. The van der Waals surface area contributed by atoms with Gasteiger partial charge in [0.15, 0.2) is 0 Å². The summed E-state index contributed by atoms with van der Waals surface area (Å²) >= 11 is 1.39. The number of methoxy groups -OCH3 is 1. The number of rotatable bonds is 4. The van der Waals surface area contributed by atoms with Gasteiger partial charge in [0.2, 0.25) is 0 Å². The molecule has 2 rings (SSSR count). The summed E-state index contributed by atoms with van der Waals surface area (Å²) in [5, 5.41) is 13.6. The van der Waals surface area contributed by atoms with Crippen molar-refractivity contribution < 1.29 is 14.4 Å². The molecule has 1 N–H and O–H groups in total. The van der Waals surface area contributed by atoms with Gasteiger partial charge in [-0.2, -0.15) is 0 Å². The summed E-state index contributed by atoms with van der Waals surface area (Å²) < 4.78 is 10.7. The van der Waals surface area contributed by atoms with Crippen LogP contribution in [0, 0.1) is 10.1 Å². The van der Waals surface area contributed by atoms with Gasteiger partial charge in [0, 0.05) is 12.6 Å². The van der Waals surface area contributed by atoms with E-state index in [0.717, 1.165) is 5.56 Å². The smallest absolute Gasteiger partial charge is 0.323 e. The second kappa shape index (κ2) is 5.40. The van der Waals surface area contributed by atoms with Gasteiger partial charge in [-0.05, 0) is 24.5 Å². The highest BCUT2D eigenvalue weighted by molar-refractivity contribution is 7.99. The van der Waals surface area contributed by atoms with Crippen LogP contribution in [0.4, 0.5) is 0 Å². The molecule has 1 aromatic rings. The average Bonchev–Trinajstić information content (AvgIpc) is 2.44. The number of ether oxygens (including phenoxy) is 2. The highest BCUT2D eigenvalue weighted by atomic mass is 32.2. The summed E-state index contributed by atoms with van der Waals surface area (Å²) in [6.45, 7) is 0. The van der Waals surface area contributed by atoms with Gasteiger partial charge in [0.05, 0.1) is 12.0 Å². The van der Waals surface area contributed by atoms with E-state index in [2.05, 4.69) is 5.32 Å². The Labute approximate surface area is 114 Å². The first-order valence-corrected chi connectivity index (χ1v) is 6.86. The van der Waals surface area contributed by atoms with E-state index < -0.39 is 10.2 Å². The van der Waals surface area contributed by atoms with Gasteiger partial charge in [-0.15, -0.1) is 11.8 Å². The number of fused-ring (bicyclic) bond motifs is 1. The standard InChI is InChI=1S/C12H14N2O4S/c1-13-12-10(14(15)16)11(19-3)8-6-7(17-2)4-5-9(8)18-12/h4-6,11,13H,1-3H3. The normalized spacial score (nSPS) is 17.5. The van der Waals surface area contributed by atoms with Crippen molar-refractivity contribution in [3.8, 4) is 11.5 Å². The summed E-state index contributed by atoms with van der Waals surface area (Å²) in [4.78, 5) is 10.8. The molecular weight excluding hydrogens is 268 g/mol. The number of hydrogen-bond acceptors (Lipinski definition) is 6. The van der Waals surface area contributed by atoms with Crippen molar-refractivity contribution in [2.24, 2.45) is 0 Å². The van der Waals surface area contributed by atoms with Crippen molar-refractivity contribution in [1.82, 2.24) is 5.32 Å². The maximum absolute atomic E-state index is 11.2. The van der Waals surface area contributed by atoms with E-state index in [0.29, 0.717) is 11.5 Å². The number of benzene rings is 1. The molecule has 1 heterocycles. The summed E-state index contributed by atoms with van der Waals surface area (Å²) in [5.74, 6) is 1.44. The maximum Gasteiger partial charge on any atom is 0.323 e. The van der Waals surface area contributed by atoms with Gasteiger partial charge < -0.3 is 14.8 Å². The molecule has 0 bridgehead atoms. The lowest BCUT2D eigenvalue weighted by Crippen LogP contribution is -2.26. The molecule has 0 amide bonds. The van der Waals surface area contributed by atoms with Gasteiger partial charge >= 0.3 is 5.70 Å². The highest BCUT2D eigenvalue weighted by Gasteiger charge is 2.38. The molecule has 102 valence electrons. The second-order valence-corrected chi connectivity index (χ2v) is 4.79. The lowest BCUT2D eigenvalue weighted by Gasteiger charge is -2.24. The number of nitrogens with zero attached hydrogens (tertiary/aromatic N) is 1. The van der Waals surface area contributed by atoms with Crippen LogP contribution >= 0.6 is 11.8 Å². The van der Waals surface area contributed by atoms with E-state index in [1.807, 2.05) is 6.26 Å². The zero-order valence-electron chi connectivity index (χ0n) is 10.8. The topological polar surface area (TPSA) is 73.6 Å². The van der Waals surface area contributed by atoms with Crippen LogP contribution in [0.15, 0.2) is 29.8 Å². The van der Waals surface area contributed by atoms with Crippen LogP contribution in [0.1, 0.15) is 10.8 Å². The predicted octanol–water partition coefficient (Wildman–Crippen LogP) is 2.16. The molecular formula is C12H14N2O4S. The fraction of sp³-hybridized carbons (Fsp3) is 0.333. The summed E-state index contributed by atoms with van der Waals surface area (Å²) in [7, 11) is 3.16. The minimum atomic E-state index is -0.407. The number of nitro groups is 1. The van der Waals surface area contributed by atoms with E-state index in [1.165, 1.54) is 11.8 Å². The zero-order chi connectivity index (χ0) is 14.0. The second-order valence-electron chi connectivity index (χ2n) is 3.84. The van der Waals surface area contributed by atoms with Gasteiger partial charge in [0.25, 0.3) is 5.88 Å². The van der Waals surface area contributed by atoms with Gasteiger partial charge in [-0.3, -0.25) is 10.1 Å². The van der Waals surface area contributed by atoms with E-state index in [4.69, 9.17) is 9.47 Å². The average molecular weight is 282 g/mol. The molecule has 1 unspecified atom stereocenters. The number of nitrogens with one attached hydrogen (secondary N) is 1. The van der Waals surface area contributed by atoms with E-state index >= 15 is 0 Å². The molecule has 7 heteroatoms. The Kier molecular flexibility index (Phi) is 3.84. The molecule has 1 atom stereocenters. The molecule has 0 radical (unpaired) electrons. The third-order valence-electron chi connectivity index (χ3n) is 2.85. The SMILES string of the molecule is CNC1=C([N+](=O)[O-])C(SC)c2cc(OC)ccc2O1. The first kappa shape index (κ1) is 13.5. The Bertz CT molecular complexity index is 545. The maximum atomic E-state index is 11.2. The van der Waals surface area contributed by atoms with Crippen LogP contribution in [0.2, 0.25) is 0 Å². The summed E-state index contributed by atoms with van der Waals surface area (Å²) in [6.07, 6.45) is 1.83. The van der Waals surface area contributed by atoms with Gasteiger partial charge in [-0.1, -0.05) is 0 Å². The molecule has 19 heavy (non-hydrogen) atoms. The van der Waals surface area contributed by atoms with Crippen LogP contribution in [0.5, 0.6) is 11.5 Å². The monoisotopic (exact) mass is 282 g/mol. The Balaban J connectivity index is 2.56. The number of hydrogen-bond donors (Lipinski definition) is 1. The minimum Gasteiger partial charge on any atom is -0.497 e. The molecule has 1 aliphatic heterocycles. The van der Waals surface area contributed by atoms with Crippen LogP contribution in [0.3, 0.4) is 0 Å². The Hall–Kier alpha value is -1.89. The Morgan fingerprint density at radius 1 is 1.53 bits per heavy atom. The Morgan fingerprint density at radius 2 is 2.26 bits per heavy atom. The molecule has 0 saturated carbocycles. The molecule has 0 spiro atoms. The van der Waals surface area contributed by atoms with Crippen molar-refractivity contribution in [2.45, 2.75) is 5.25 Å². The van der Waals surface area contributed by atoms with Crippen LogP contribution in [-0.2, 0) is 0 Å². The third kappa shape index (κ3) is 2.33. The van der Waals surface area contributed by atoms with Crippen molar-refractivity contribution in [3.05, 3.63) is 45.5 Å². The van der Waals surface area contributed by atoms with E-state index in [1.54, 1.807) is 32.4 Å². The van der Waals surface area contributed by atoms with E-state index in [-0.39, 0.29) is 11.6 Å². The minimum absolute atomic E-state index is 0.0238. The zero-order valence-corrected chi connectivity index (χ0v) is 11.6.